The molecule has 7 heteroatoms. The number of nitrogens with two attached hydrogens (primary N) is 1. The summed E-state index contributed by atoms with van der Waals surface area (Å²) >= 11 is 0. The van der Waals surface area contributed by atoms with Crippen LogP contribution < -0.4 is 16.4 Å². The molecule has 4 N–H and O–H groups in total. The lowest BCUT2D eigenvalue weighted by atomic mass is 10.1. The molecule has 0 aromatic heterocycles. The lowest BCUT2D eigenvalue weighted by Gasteiger charge is -2.13. The highest BCUT2D eigenvalue weighted by atomic mass is 16.5. The van der Waals surface area contributed by atoms with Crippen molar-refractivity contribution in [3.8, 4) is 0 Å². The Bertz CT molecular complexity index is 544. The number of amides is 2. The van der Waals surface area contributed by atoms with Crippen molar-refractivity contribution < 1.29 is 19.1 Å². The van der Waals surface area contributed by atoms with Gasteiger partial charge in [0.15, 0.2) is 0 Å². The first-order chi connectivity index (χ1) is 11.1. The Labute approximate surface area is 135 Å². The van der Waals surface area contributed by atoms with E-state index in [4.69, 9.17) is 15.2 Å². The second kappa shape index (κ2) is 8.61. The number of carbonyl (C=O) groups excluding carboxylic acids is 2. The number of hydrogen-bond donors (Lipinski definition) is 3. The molecule has 0 saturated carbocycles. The Morgan fingerprint density at radius 1 is 1.48 bits per heavy atom. The van der Waals surface area contributed by atoms with Crippen molar-refractivity contribution >= 4 is 17.5 Å². The molecular weight excluding hydrogens is 298 g/mol. The fourth-order valence-electron chi connectivity index (χ4n) is 2.34. The molecule has 0 bridgehead atoms. The van der Waals surface area contributed by atoms with Crippen molar-refractivity contribution in [1.29, 1.82) is 0 Å². The predicted molar refractivity (Wildman–Crippen MR) is 85.7 cm³/mol. The molecule has 0 radical (unpaired) electrons. The summed E-state index contributed by atoms with van der Waals surface area (Å²) in [6, 6.07) is 6.61. The van der Waals surface area contributed by atoms with Crippen LogP contribution in [-0.2, 0) is 25.6 Å². The van der Waals surface area contributed by atoms with Crippen LogP contribution in [-0.4, -0.2) is 44.3 Å². The van der Waals surface area contributed by atoms with Crippen LogP contribution in [0.4, 0.5) is 5.69 Å². The molecule has 1 fully saturated rings. The topological polar surface area (TPSA) is 103 Å². The van der Waals surface area contributed by atoms with E-state index in [1.54, 1.807) is 6.07 Å². The second-order valence-corrected chi connectivity index (χ2v) is 5.47. The van der Waals surface area contributed by atoms with E-state index >= 15 is 0 Å². The molecule has 2 amide bonds. The number of hydrogen-bond acceptors (Lipinski definition) is 5. The van der Waals surface area contributed by atoms with Crippen LogP contribution in [0.5, 0.6) is 0 Å². The summed E-state index contributed by atoms with van der Waals surface area (Å²) in [5, 5.41) is 5.57. The molecular formula is C16H23N3O4. The molecule has 23 heavy (non-hydrogen) atoms. The highest BCUT2D eigenvalue weighted by Crippen LogP contribution is 2.16. The minimum atomic E-state index is -0.692. The maximum absolute atomic E-state index is 12.0. The first-order valence-corrected chi connectivity index (χ1v) is 7.64. The molecule has 2 atom stereocenters. The molecule has 0 spiro atoms. The molecule has 1 aliphatic heterocycles. The third-order valence-corrected chi connectivity index (χ3v) is 3.57. The highest BCUT2D eigenvalue weighted by molar-refractivity contribution is 5.94. The van der Waals surface area contributed by atoms with Gasteiger partial charge in [-0.05, 0) is 30.5 Å². The van der Waals surface area contributed by atoms with Gasteiger partial charge in [0.1, 0.15) is 12.1 Å². The molecule has 1 aromatic rings. The fraction of sp³-hybridized carbons (Fsp3) is 0.500. The summed E-state index contributed by atoms with van der Waals surface area (Å²) in [4.78, 5) is 23.8. The van der Waals surface area contributed by atoms with Gasteiger partial charge < -0.3 is 25.8 Å². The Hall–Kier alpha value is -1.96. The van der Waals surface area contributed by atoms with Crippen LogP contribution in [0.3, 0.4) is 0 Å². The van der Waals surface area contributed by atoms with Crippen molar-refractivity contribution in [1.82, 2.24) is 5.32 Å². The van der Waals surface area contributed by atoms with Gasteiger partial charge in [0.05, 0.1) is 6.61 Å². The molecule has 126 valence electrons. The molecule has 1 saturated heterocycles. The number of benzene rings is 1. The van der Waals surface area contributed by atoms with Crippen LogP contribution in [0.15, 0.2) is 24.3 Å². The van der Waals surface area contributed by atoms with Crippen molar-refractivity contribution in [2.75, 3.05) is 25.6 Å². The summed E-state index contributed by atoms with van der Waals surface area (Å²) in [5.74, 6) is -0.411. The molecule has 1 aliphatic rings. The molecule has 1 aromatic carbocycles. The summed E-state index contributed by atoms with van der Waals surface area (Å²) < 4.78 is 10.2. The van der Waals surface area contributed by atoms with Crippen molar-refractivity contribution in [2.45, 2.75) is 31.5 Å². The summed E-state index contributed by atoms with van der Waals surface area (Å²) in [5.41, 5.74) is 7.20. The quantitative estimate of drug-likeness (QED) is 0.674. The van der Waals surface area contributed by atoms with E-state index in [9.17, 15) is 9.59 Å². The highest BCUT2D eigenvalue weighted by Gasteiger charge is 2.23. The van der Waals surface area contributed by atoms with E-state index in [2.05, 4.69) is 10.6 Å². The standard InChI is InChI=1S/C16H23N3O4/c1-22-10-13(17)15(20)18-9-11-4-2-5-12(8-11)19-16(21)14-6-3-7-23-14/h2,4-5,8,13-14H,3,6-7,9-10,17H2,1H3,(H,18,20)(H,19,21). The number of rotatable bonds is 7. The Morgan fingerprint density at radius 2 is 2.30 bits per heavy atom. The number of methoxy groups -OCH3 is 1. The van der Waals surface area contributed by atoms with Gasteiger partial charge in [0.25, 0.3) is 5.91 Å². The van der Waals surface area contributed by atoms with Crippen LogP contribution in [0.1, 0.15) is 18.4 Å². The van der Waals surface area contributed by atoms with Crippen LogP contribution >= 0.6 is 0 Å². The van der Waals surface area contributed by atoms with Crippen LogP contribution in [0.25, 0.3) is 0 Å². The average molecular weight is 321 g/mol. The van der Waals surface area contributed by atoms with Crippen molar-refractivity contribution in [3.05, 3.63) is 29.8 Å². The van der Waals surface area contributed by atoms with Gasteiger partial charge >= 0.3 is 0 Å². The summed E-state index contributed by atoms with van der Waals surface area (Å²) in [6.07, 6.45) is 1.29. The van der Waals surface area contributed by atoms with E-state index in [1.807, 2.05) is 18.2 Å². The van der Waals surface area contributed by atoms with Gasteiger partial charge in [0, 0.05) is 25.9 Å². The SMILES string of the molecule is COCC(N)C(=O)NCc1cccc(NC(=O)C2CCCO2)c1. The second-order valence-electron chi connectivity index (χ2n) is 5.47. The molecule has 1 heterocycles. The number of carbonyl (C=O) groups is 2. The Morgan fingerprint density at radius 3 is 3.00 bits per heavy atom. The third kappa shape index (κ3) is 5.31. The van der Waals surface area contributed by atoms with Gasteiger partial charge in [-0.3, -0.25) is 9.59 Å². The smallest absolute Gasteiger partial charge is 0.253 e. The van der Waals surface area contributed by atoms with Crippen LogP contribution in [0, 0.1) is 0 Å². The molecule has 0 aliphatic carbocycles. The first-order valence-electron chi connectivity index (χ1n) is 7.64. The van der Waals surface area contributed by atoms with Gasteiger partial charge in [-0.15, -0.1) is 0 Å². The molecule has 2 unspecified atom stereocenters. The van der Waals surface area contributed by atoms with Gasteiger partial charge in [-0.1, -0.05) is 12.1 Å². The van der Waals surface area contributed by atoms with Crippen molar-refractivity contribution in [2.24, 2.45) is 5.73 Å². The summed E-state index contributed by atoms with van der Waals surface area (Å²) in [6.45, 7) is 1.13. The number of anilines is 1. The minimum Gasteiger partial charge on any atom is -0.383 e. The van der Waals surface area contributed by atoms with Crippen LogP contribution in [0.2, 0.25) is 0 Å². The maximum atomic E-state index is 12.0. The lowest BCUT2D eigenvalue weighted by Crippen LogP contribution is -2.43. The molecule has 2 rings (SSSR count). The lowest BCUT2D eigenvalue weighted by molar-refractivity contribution is -0.125. The third-order valence-electron chi connectivity index (χ3n) is 3.57. The number of ether oxygens (including phenoxy) is 2. The minimum absolute atomic E-state index is 0.134. The average Bonchev–Trinajstić information content (AvgIpc) is 3.08. The zero-order chi connectivity index (χ0) is 16.7. The van der Waals surface area contributed by atoms with E-state index in [-0.39, 0.29) is 24.5 Å². The first kappa shape index (κ1) is 17.4. The Balaban J connectivity index is 1.86. The van der Waals surface area contributed by atoms with Crippen molar-refractivity contribution in [3.63, 3.8) is 0 Å². The van der Waals surface area contributed by atoms with E-state index < -0.39 is 6.04 Å². The fourth-order valence-corrected chi connectivity index (χ4v) is 2.34. The van der Waals surface area contributed by atoms with E-state index in [0.717, 1.165) is 18.4 Å². The van der Waals surface area contributed by atoms with E-state index in [1.165, 1.54) is 7.11 Å². The predicted octanol–water partition coefficient (Wildman–Crippen LogP) is 0.394. The summed E-state index contributed by atoms with van der Waals surface area (Å²) in [7, 11) is 1.49. The Kier molecular flexibility index (Phi) is 6.52. The molecule has 7 nitrogen and oxygen atoms in total. The monoisotopic (exact) mass is 321 g/mol. The van der Waals surface area contributed by atoms with Gasteiger partial charge in [0.2, 0.25) is 5.91 Å². The zero-order valence-corrected chi connectivity index (χ0v) is 13.2. The number of nitrogens with one attached hydrogen (secondary N) is 2. The van der Waals surface area contributed by atoms with Gasteiger partial charge in [-0.25, -0.2) is 0 Å². The van der Waals surface area contributed by atoms with E-state index in [0.29, 0.717) is 18.8 Å². The maximum Gasteiger partial charge on any atom is 0.253 e. The largest absolute Gasteiger partial charge is 0.383 e. The zero-order valence-electron chi connectivity index (χ0n) is 13.2. The normalized spacial score (nSPS) is 18.4. The van der Waals surface area contributed by atoms with Gasteiger partial charge in [-0.2, -0.15) is 0 Å².